The van der Waals surface area contributed by atoms with Gasteiger partial charge < -0.3 is 20.3 Å². The Labute approximate surface area is 185 Å². The monoisotopic (exact) mass is 433 g/mol. The van der Waals surface area contributed by atoms with Gasteiger partial charge >= 0.3 is 0 Å². The van der Waals surface area contributed by atoms with Gasteiger partial charge in [-0.15, -0.1) is 0 Å². The quantitative estimate of drug-likeness (QED) is 0.424. The highest BCUT2D eigenvalue weighted by Gasteiger charge is 2.11. The van der Waals surface area contributed by atoms with Crippen LogP contribution >= 0.6 is 11.8 Å². The standard InChI is InChI=1S/C23H23N5O2S/c1-2-21(29)25-17-5-9-20(10-6-17)31-22-11-12-24-23(27-22)26-18-3-7-19(8-4-18)28-13-15-30-16-14-28/h2-12H,1,13-16H2,(H,25,29)(H,24,26,27). The first-order valence-corrected chi connectivity index (χ1v) is 10.8. The summed E-state index contributed by atoms with van der Waals surface area (Å²) >= 11 is 1.52. The van der Waals surface area contributed by atoms with Crippen LogP contribution in [-0.4, -0.2) is 42.2 Å². The fraction of sp³-hybridized carbons (Fsp3) is 0.174. The molecule has 0 spiro atoms. The number of carbonyl (C=O) groups excluding carboxylic acids is 1. The summed E-state index contributed by atoms with van der Waals surface area (Å²) < 4.78 is 5.41. The van der Waals surface area contributed by atoms with Crippen LogP contribution in [0.5, 0.6) is 0 Å². The van der Waals surface area contributed by atoms with Gasteiger partial charge in [0.25, 0.3) is 0 Å². The van der Waals surface area contributed by atoms with Crippen molar-refractivity contribution < 1.29 is 9.53 Å². The Balaban J connectivity index is 1.38. The van der Waals surface area contributed by atoms with Crippen LogP contribution in [0, 0.1) is 0 Å². The van der Waals surface area contributed by atoms with Gasteiger partial charge in [-0.1, -0.05) is 18.3 Å². The third-order valence-electron chi connectivity index (χ3n) is 4.66. The van der Waals surface area contributed by atoms with E-state index in [-0.39, 0.29) is 5.91 Å². The van der Waals surface area contributed by atoms with E-state index in [4.69, 9.17) is 4.74 Å². The number of hydrogen-bond acceptors (Lipinski definition) is 7. The molecule has 0 aliphatic carbocycles. The van der Waals surface area contributed by atoms with E-state index in [1.807, 2.05) is 42.5 Å². The lowest BCUT2D eigenvalue weighted by molar-refractivity contribution is -0.111. The first-order valence-electron chi connectivity index (χ1n) is 9.94. The van der Waals surface area contributed by atoms with Crippen LogP contribution in [0.15, 0.2) is 83.4 Å². The van der Waals surface area contributed by atoms with Crippen molar-refractivity contribution in [2.45, 2.75) is 9.92 Å². The number of rotatable bonds is 7. The van der Waals surface area contributed by atoms with Crippen LogP contribution in [0.4, 0.5) is 23.0 Å². The molecule has 2 aromatic carbocycles. The summed E-state index contributed by atoms with van der Waals surface area (Å²) in [5, 5.41) is 6.82. The van der Waals surface area contributed by atoms with Crippen LogP contribution in [0.3, 0.4) is 0 Å². The Hall–Kier alpha value is -3.36. The molecule has 1 aliphatic rings. The predicted molar refractivity (Wildman–Crippen MR) is 124 cm³/mol. The number of nitrogens with one attached hydrogen (secondary N) is 2. The molecular weight excluding hydrogens is 410 g/mol. The Kier molecular flexibility index (Phi) is 6.81. The molecule has 1 saturated heterocycles. The highest BCUT2D eigenvalue weighted by molar-refractivity contribution is 7.99. The number of benzene rings is 2. The molecule has 0 unspecified atom stereocenters. The van der Waals surface area contributed by atoms with Crippen molar-refractivity contribution in [1.82, 2.24) is 9.97 Å². The van der Waals surface area contributed by atoms with Crippen LogP contribution < -0.4 is 15.5 Å². The number of amides is 1. The lowest BCUT2D eigenvalue weighted by atomic mass is 10.2. The lowest BCUT2D eigenvalue weighted by Crippen LogP contribution is -2.36. The zero-order chi connectivity index (χ0) is 21.5. The second-order valence-corrected chi connectivity index (χ2v) is 7.90. The summed E-state index contributed by atoms with van der Waals surface area (Å²) in [6.45, 7) is 6.81. The topological polar surface area (TPSA) is 79.4 Å². The number of anilines is 4. The Bertz CT molecular complexity index is 1030. The second-order valence-electron chi connectivity index (χ2n) is 6.81. The number of nitrogens with zero attached hydrogens (tertiary/aromatic N) is 3. The number of morpholine rings is 1. The van der Waals surface area contributed by atoms with E-state index in [1.54, 1.807) is 6.20 Å². The minimum Gasteiger partial charge on any atom is -0.378 e. The Morgan fingerprint density at radius 2 is 1.74 bits per heavy atom. The van der Waals surface area contributed by atoms with Gasteiger partial charge in [-0.3, -0.25) is 4.79 Å². The molecule has 7 nitrogen and oxygen atoms in total. The third-order valence-corrected chi connectivity index (χ3v) is 5.60. The molecular formula is C23H23N5O2S. The van der Waals surface area contributed by atoms with E-state index in [1.165, 1.54) is 23.5 Å². The fourth-order valence-corrected chi connectivity index (χ4v) is 3.86. The maximum atomic E-state index is 11.4. The van der Waals surface area contributed by atoms with Crippen LogP contribution in [0.25, 0.3) is 0 Å². The van der Waals surface area contributed by atoms with Crippen molar-refractivity contribution in [2.75, 3.05) is 41.8 Å². The van der Waals surface area contributed by atoms with Crippen LogP contribution in [-0.2, 0) is 9.53 Å². The summed E-state index contributed by atoms with van der Waals surface area (Å²) in [5.41, 5.74) is 2.84. The molecule has 2 heterocycles. The minimum absolute atomic E-state index is 0.232. The molecule has 1 fully saturated rings. The first-order chi connectivity index (χ1) is 15.2. The Morgan fingerprint density at radius 3 is 2.45 bits per heavy atom. The van der Waals surface area contributed by atoms with E-state index in [0.29, 0.717) is 5.95 Å². The van der Waals surface area contributed by atoms with E-state index < -0.39 is 0 Å². The Morgan fingerprint density at radius 1 is 1.03 bits per heavy atom. The summed E-state index contributed by atoms with van der Waals surface area (Å²) in [4.78, 5) is 23.6. The number of carbonyl (C=O) groups is 1. The third kappa shape index (κ3) is 5.84. The van der Waals surface area contributed by atoms with E-state index in [2.05, 4.69) is 44.2 Å². The maximum Gasteiger partial charge on any atom is 0.247 e. The summed E-state index contributed by atoms with van der Waals surface area (Å²) in [6.07, 6.45) is 2.98. The molecule has 0 bridgehead atoms. The van der Waals surface area contributed by atoms with Gasteiger partial charge in [0.15, 0.2) is 0 Å². The largest absolute Gasteiger partial charge is 0.378 e. The zero-order valence-electron chi connectivity index (χ0n) is 17.0. The fourth-order valence-electron chi connectivity index (χ4n) is 3.09. The van der Waals surface area contributed by atoms with E-state index >= 15 is 0 Å². The summed E-state index contributed by atoms with van der Waals surface area (Å²) in [5.74, 6) is 0.309. The van der Waals surface area contributed by atoms with Crippen molar-refractivity contribution in [3.63, 3.8) is 0 Å². The average molecular weight is 434 g/mol. The van der Waals surface area contributed by atoms with Crippen molar-refractivity contribution in [2.24, 2.45) is 0 Å². The second kappa shape index (κ2) is 10.1. The van der Waals surface area contributed by atoms with Crippen molar-refractivity contribution in [3.05, 3.63) is 73.4 Å². The van der Waals surface area contributed by atoms with Crippen molar-refractivity contribution in [3.8, 4) is 0 Å². The highest BCUT2D eigenvalue weighted by atomic mass is 32.2. The normalized spacial score (nSPS) is 13.5. The van der Waals surface area contributed by atoms with Gasteiger partial charge in [-0.25, -0.2) is 9.97 Å². The molecule has 0 atom stereocenters. The maximum absolute atomic E-state index is 11.4. The summed E-state index contributed by atoms with van der Waals surface area (Å²) in [7, 11) is 0. The SMILES string of the molecule is C=CC(=O)Nc1ccc(Sc2ccnc(Nc3ccc(N4CCOCC4)cc3)n2)cc1. The molecule has 0 saturated carbocycles. The van der Waals surface area contributed by atoms with Gasteiger partial charge in [0, 0.05) is 41.2 Å². The molecule has 2 N–H and O–H groups in total. The molecule has 1 aliphatic heterocycles. The average Bonchev–Trinajstić information content (AvgIpc) is 2.81. The van der Waals surface area contributed by atoms with E-state index in [9.17, 15) is 4.79 Å². The van der Waals surface area contributed by atoms with Crippen LogP contribution in [0.2, 0.25) is 0 Å². The first kappa shape index (κ1) is 20.9. The van der Waals surface area contributed by atoms with Gasteiger partial charge in [0.2, 0.25) is 11.9 Å². The van der Waals surface area contributed by atoms with Gasteiger partial charge in [0.05, 0.1) is 13.2 Å². The van der Waals surface area contributed by atoms with Crippen LogP contribution in [0.1, 0.15) is 0 Å². The van der Waals surface area contributed by atoms with Gasteiger partial charge in [-0.2, -0.15) is 0 Å². The number of hydrogen-bond donors (Lipinski definition) is 2. The van der Waals surface area contributed by atoms with Crippen molar-refractivity contribution in [1.29, 1.82) is 0 Å². The number of ether oxygens (including phenoxy) is 1. The molecule has 1 amide bonds. The molecule has 3 aromatic rings. The lowest BCUT2D eigenvalue weighted by Gasteiger charge is -2.28. The summed E-state index contributed by atoms with van der Waals surface area (Å²) in [6, 6.07) is 17.7. The van der Waals surface area contributed by atoms with Crippen molar-refractivity contribution >= 4 is 40.7 Å². The molecule has 4 rings (SSSR count). The van der Waals surface area contributed by atoms with E-state index in [0.717, 1.165) is 47.6 Å². The van der Waals surface area contributed by atoms with Gasteiger partial charge in [-0.05, 0) is 60.7 Å². The molecule has 8 heteroatoms. The highest BCUT2D eigenvalue weighted by Crippen LogP contribution is 2.28. The minimum atomic E-state index is -0.232. The zero-order valence-corrected chi connectivity index (χ0v) is 17.8. The molecule has 158 valence electrons. The predicted octanol–water partition coefficient (Wildman–Crippen LogP) is 4.33. The molecule has 31 heavy (non-hydrogen) atoms. The number of aromatic nitrogens is 2. The molecule has 1 aromatic heterocycles. The van der Waals surface area contributed by atoms with Gasteiger partial charge in [0.1, 0.15) is 5.03 Å². The smallest absolute Gasteiger partial charge is 0.247 e. The molecule has 0 radical (unpaired) electrons.